The molecule has 0 spiro atoms. The minimum Gasteiger partial charge on any atom is -0.486 e. The molecule has 0 bridgehead atoms. The molecule has 2 aliphatic carbocycles. The van der Waals surface area contributed by atoms with Crippen molar-refractivity contribution in [1.82, 2.24) is 5.32 Å². The Kier molecular flexibility index (Phi) is 5.98. The van der Waals surface area contributed by atoms with E-state index < -0.39 is 0 Å². The Morgan fingerprint density at radius 2 is 1.81 bits per heavy atom. The van der Waals surface area contributed by atoms with Gasteiger partial charge in [0.1, 0.15) is 13.2 Å². The van der Waals surface area contributed by atoms with Crippen molar-refractivity contribution in [2.45, 2.75) is 62.9 Å². The van der Waals surface area contributed by atoms with Crippen molar-refractivity contribution in [3.63, 3.8) is 0 Å². The van der Waals surface area contributed by atoms with Crippen molar-refractivity contribution in [2.24, 2.45) is 11.7 Å². The fourth-order valence-corrected chi connectivity index (χ4v) is 4.61. The molecule has 26 heavy (non-hydrogen) atoms. The first kappa shape index (κ1) is 19.3. The molecule has 0 saturated heterocycles. The Hall–Kier alpha value is -1.46. The molecule has 2 fully saturated rings. The predicted octanol–water partition coefficient (Wildman–Crippen LogP) is 3.28. The van der Waals surface area contributed by atoms with Crippen LogP contribution in [-0.2, 0) is 10.3 Å². The van der Waals surface area contributed by atoms with Crippen LogP contribution in [0.5, 0.6) is 11.5 Å². The standard InChI is InChI=1S/C20H28N2O3.ClH/c21-16-5-3-4-14(12-16)19(23)22-20(8-1-2-9-20)15-6-7-17-18(13-15)25-11-10-24-17;/h6-7,13-14,16H,1-5,8-12,21H2,(H,22,23);1H. The Labute approximate surface area is 161 Å². The summed E-state index contributed by atoms with van der Waals surface area (Å²) in [5.41, 5.74) is 6.95. The molecule has 2 saturated carbocycles. The number of nitrogens with two attached hydrogens (primary N) is 1. The van der Waals surface area contributed by atoms with Crippen LogP contribution in [0, 0.1) is 5.92 Å². The van der Waals surface area contributed by atoms with Crippen molar-refractivity contribution < 1.29 is 14.3 Å². The monoisotopic (exact) mass is 380 g/mol. The minimum atomic E-state index is -0.269. The van der Waals surface area contributed by atoms with E-state index in [0.717, 1.165) is 68.4 Å². The lowest BCUT2D eigenvalue weighted by atomic mass is 9.83. The zero-order valence-electron chi connectivity index (χ0n) is 15.2. The largest absolute Gasteiger partial charge is 0.486 e. The van der Waals surface area contributed by atoms with Crippen molar-refractivity contribution in [1.29, 1.82) is 0 Å². The Morgan fingerprint density at radius 3 is 2.54 bits per heavy atom. The lowest BCUT2D eigenvalue weighted by Gasteiger charge is -2.35. The molecule has 0 radical (unpaired) electrons. The number of halogens is 1. The van der Waals surface area contributed by atoms with Gasteiger partial charge in [-0.3, -0.25) is 4.79 Å². The van der Waals surface area contributed by atoms with E-state index in [1.807, 2.05) is 6.07 Å². The molecule has 2 atom stereocenters. The van der Waals surface area contributed by atoms with Crippen LogP contribution in [0.1, 0.15) is 56.9 Å². The van der Waals surface area contributed by atoms with E-state index in [9.17, 15) is 4.79 Å². The third-order valence-corrected chi connectivity index (χ3v) is 6.00. The second kappa shape index (κ2) is 8.05. The van der Waals surface area contributed by atoms with Crippen molar-refractivity contribution in [3.8, 4) is 11.5 Å². The fourth-order valence-electron chi connectivity index (χ4n) is 4.61. The third kappa shape index (κ3) is 3.79. The zero-order valence-corrected chi connectivity index (χ0v) is 16.0. The van der Waals surface area contributed by atoms with E-state index in [1.54, 1.807) is 0 Å². The van der Waals surface area contributed by atoms with Gasteiger partial charge < -0.3 is 20.5 Å². The number of ether oxygens (including phenoxy) is 2. The van der Waals surface area contributed by atoms with E-state index in [1.165, 1.54) is 0 Å². The molecule has 3 aliphatic rings. The smallest absolute Gasteiger partial charge is 0.223 e. The molecular formula is C20H29ClN2O3. The summed E-state index contributed by atoms with van der Waals surface area (Å²) in [4.78, 5) is 12.9. The summed E-state index contributed by atoms with van der Waals surface area (Å²) in [5.74, 6) is 1.82. The predicted molar refractivity (Wildman–Crippen MR) is 103 cm³/mol. The molecule has 6 heteroatoms. The van der Waals surface area contributed by atoms with Gasteiger partial charge in [0, 0.05) is 12.0 Å². The molecule has 0 aromatic heterocycles. The van der Waals surface area contributed by atoms with Crippen LogP contribution in [0.2, 0.25) is 0 Å². The van der Waals surface area contributed by atoms with Gasteiger partial charge in [0.25, 0.3) is 0 Å². The maximum atomic E-state index is 12.9. The van der Waals surface area contributed by atoms with Gasteiger partial charge in [-0.1, -0.05) is 25.3 Å². The number of benzene rings is 1. The number of carbonyl (C=O) groups excluding carboxylic acids is 1. The van der Waals surface area contributed by atoms with Crippen LogP contribution in [0.15, 0.2) is 18.2 Å². The summed E-state index contributed by atoms with van der Waals surface area (Å²) < 4.78 is 11.4. The first-order valence-corrected chi connectivity index (χ1v) is 9.64. The molecule has 1 aromatic carbocycles. The number of nitrogens with one attached hydrogen (secondary N) is 1. The van der Waals surface area contributed by atoms with Gasteiger partial charge in [-0.05, 0) is 49.8 Å². The number of fused-ring (bicyclic) bond motifs is 1. The summed E-state index contributed by atoms with van der Waals surface area (Å²) >= 11 is 0. The van der Waals surface area contributed by atoms with Crippen LogP contribution in [0.4, 0.5) is 0 Å². The lowest BCUT2D eigenvalue weighted by Crippen LogP contribution is -2.48. The van der Waals surface area contributed by atoms with Gasteiger partial charge in [-0.15, -0.1) is 12.4 Å². The van der Waals surface area contributed by atoms with Gasteiger partial charge in [0.05, 0.1) is 5.54 Å². The van der Waals surface area contributed by atoms with Crippen molar-refractivity contribution in [3.05, 3.63) is 23.8 Å². The van der Waals surface area contributed by atoms with Crippen molar-refractivity contribution >= 4 is 18.3 Å². The molecule has 3 N–H and O–H groups in total. The SMILES string of the molecule is Cl.NC1CCCC(C(=O)NC2(c3ccc4c(c3)OCCO4)CCCC2)C1. The van der Waals surface area contributed by atoms with Crippen LogP contribution in [0.3, 0.4) is 0 Å². The second-order valence-electron chi connectivity index (χ2n) is 7.76. The molecule has 1 heterocycles. The van der Waals surface area contributed by atoms with E-state index in [0.29, 0.717) is 13.2 Å². The molecule has 1 aromatic rings. The highest BCUT2D eigenvalue weighted by atomic mass is 35.5. The molecular weight excluding hydrogens is 352 g/mol. The number of hydrogen-bond acceptors (Lipinski definition) is 4. The van der Waals surface area contributed by atoms with Crippen LogP contribution < -0.4 is 20.5 Å². The summed E-state index contributed by atoms with van der Waals surface area (Å²) in [6, 6.07) is 6.30. The third-order valence-electron chi connectivity index (χ3n) is 6.00. The van der Waals surface area contributed by atoms with E-state index in [2.05, 4.69) is 17.4 Å². The highest BCUT2D eigenvalue weighted by molar-refractivity contribution is 5.85. The molecule has 144 valence electrons. The van der Waals surface area contributed by atoms with E-state index >= 15 is 0 Å². The van der Waals surface area contributed by atoms with Crippen LogP contribution >= 0.6 is 12.4 Å². The summed E-state index contributed by atoms with van der Waals surface area (Å²) in [6.45, 7) is 1.17. The van der Waals surface area contributed by atoms with Gasteiger partial charge in [-0.2, -0.15) is 0 Å². The second-order valence-corrected chi connectivity index (χ2v) is 7.76. The first-order valence-electron chi connectivity index (χ1n) is 9.64. The van der Waals surface area contributed by atoms with Crippen molar-refractivity contribution in [2.75, 3.05) is 13.2 Å². The van der Waals surface area contributed by atoms with E-state index in [4.69, 9.17) is 15.2 Å². The maximum Gasteiger partial charge on any atom is 0.223 e. The average Bonchev–Trinajstić information content (AvgIpc) is 3.11. The van der Waals surface area contributed by atoms with Gasteiger partial charge >= 0.3 is 0 Å². The fraction of sp³-hybridized carbons (Fsp3) is 0.650. The quantitative estimate of drug-likeness (QED) is 0.843. The van der Waals surface area contributed by atoms with Gasteiger partial charge in [-0.25, -0.2) is 0 Å². The maximum absolute atomic E-state index is 12.9. The average molecular weight is 381 g/mol. The normalized spacial score (nSPS) is 26.7. The Balaban J connectivity index is 0.00000196. The molecule has 5 nitrogen and oxygen atoms in total. The summed E-state index contributed by atoms with van der Waals surface area (Å²) in [5, 5.41) is 3.41. The molecule has 2 unspecified atom stereocenters. The van der Waals surface area contributed by atoms with Crippen LogP contribution in [0.25, 0.3) is 0 Å². The Morgan fingerprint density at radius 1 is 1.08 bits per heavy atom. The highest BCUT2D eigenvalue weighted by Crippen LogP contribution is 2.43. The molecule has 1 amide bonds. The lowest BCUT2D eigenvalue weighted by molar-refractivity contribution is -0.128. The number of hydrogen-bond donors (Lipinski definition) is 2. The zero-order chi connectivity index (χ0) is 17.3. The topological polar surface area (TPSA) is 73.6 Å². The summed E-state index contributed by atoms with van der Waals surface area (Å²) in [6.07, 6.45) is 8.10. The first-order chi connectivity index (χ1) is 12.2. The number of carbonyl (C=O) groups is 1. The molecule has 4 rings (SSSR count). The van der Waals surface area contributed by atoms with Crippen LogP contribution in [-0.4, -0.2) is 25.2 Å². The van der Waals surface area contributed by atoms with Gasteiger partial charge in [0.15, 0.2) is 11.5 Å². The highest BCUT2D eigenvalue weighted by Gasteiger charge is 2.39. The number of amides is 1. The Bertz CT molecular complexity index is 646. The molecule has 1 aliphatic heterocycles. The number of rotatable bonds is 3. The van der Waals surface area contributed by atoms with Gasteiger partial charge in [0.2, 0.25) is 5.91 Å². The summed E-state index contributed by atoms with van der Waals surface area (Å²) in [7, 11) is 0. The minimum absolute atomic E-state index is 0. The van der Waals surface area contributed by atoms with E-state index in [-0.39, 0.29) is 35.8 Å².